The third-order valence-corrected chi connectivity index (χ3v) is 8.91. The first kappa shape index (κ1) is 26.8. The minimum atomic E-state index is -0.0444. The maximum Gasteiger partial charge on any atom is 0.263 e. The van der Waals surface area contributed by atoms with Gasteiger partial charge in [-0.3, -0.25) is 19.2 Å². The number of fused-ring (bicyclic) bond motifs is 1. The van der Waals surface area contributed by atoms with Crippen molar-refractivity contribution < 1.29 is 0 Å². The Morgan fingerprint density at radius 1 is 0.825 bits per heavy atom. The molecule has 0 aromatic carbocycles. The van der Waals surface area contributed by atoms with E-state index in [1.807, 2.05) is 27.6 Å². The van der Waals surface area contributed by atoms with E-state index in [0.29, 0.717) is 24.3 Å². The first-order valence-electron chi connectivity index (χ1n) is 13.6. The molecule has 0 N–H and O–H groups in total. The summed E-state index contributed by atoms with van der Waals surface area (Å²) in [6, 6.07) is 4.05. The molecule has 5 aromatic heterocycles. The van der Waals surface area contributed by atoms with E-state index in [4.69, 9.17) is 4.98 Å². The maximum absolute atomic E-state index is 14.1. The fourth-order valence-corrected chi connectivity index (χ4v) is 6.83. The van der Waals surface area contributed by atoms with Crippen LogP contribution in [0.1, 0.15) is 44.2 Å². The van der Waals surface area contributed by atoms with Gasteiger partial charge < -0.3 is 0 Å². The summed E-state index contributed by atoms with van der Waals surface area (Å²) in [6.45, 7) is 10.8. The molecule has 5 aromatic rings. The molecule has 15 heteroatoms. The van der Waals surface area contributed by atoms with Crippen LogP contribution in [0.2, 0.25) is 0 Å². The van der Waals surface area contributed by atoms with Gasteiger partial charge in [-0.15, -0.1) is 32.9 Å². The predicted octanol–water partition coefficient (Wildman–Crippen LogP) is 2.35. The first-order valence-corrected chi connectivity index (χ1v) is 15.4. The summed E-state index contributed by atoms with van der Waals surface area (Å²) in [5, 5.41) is 29.2. The van der Waals surface area contributed by atoms with E-state index in [-0.39, 0.29) is 12.1 Å². The summed E-state index contributed by atoms with van der Waals surface area (Å²) in [5.41, 5.74) is 0.900. The molecule has 0 saturated carbocycles. The smallest absolute Gasteiger partial charge is 0.263 e. The van der Waals surface area contributed by atoms with Crippen LogP contribution in [0.5, 0.6) is 0 Å². The van der Waals surface area contributed by atoms with Crippen molar-refractivity contribution in [3.63, 3.8) is 0 Å². The SMILES string of the molecule is CCCn1nnnc1CN1CCN(Cc2nc3scc(-c4cccs4)c3c(=O)n2Cc2nnnn2CCC)CC1. The number of tetrazole rings is 2. The summed E-state index contributed by atoms with van der Waals surface area (Å²) in [6.07, 6.45) is 1.90. The van der Waals surface area contributed by atoms with Crippen molar-refractivity contribution in [2.24, 2.45) is 0 Å². The van der Waals surface area contributed by atoms with Crippen LogP contribution in [0.25, 0.3) is 20.7 Å². The van der Waals surface area contributed by atoms with Gasteiger partial charge >= 0.3 is 0 Å². The summed E-state index contributed by atoms with van der Waals surface area (Å²) >= 11 is 3.16. The molecule has 0 radical (unpaired) electrons. The molecular formula is C25H32N12OS2. The van der Waals surface area contributed by atoms with E-state index in [2.05, 4.69) is 54.7 Å². The minimum absolute atomic E-state index is 0.0444. The van der Waals surface area contributed by atoms with Crippen LogP contribution in [-0.4, -0.2) is 85.9 Å². The Balaban J connectivity index is 1.26. The standard InChI is InChI=1S/C25H32N12OS2/c1-3-7-36-21(27-29-31-36)15-34-11-9-33(10-12-34)14-20-26-24-23(18(17-40-24)19-6-5-13-39-19)25(38)35(20)16-22-28-30-32-37(22)8-4-2/h5-6,13,17H,3-4,7-12,14-16H2,1-2H3. The fourth-order valence-electron chi connectivity index (χ4n) is 5.05. The molecule has 40 heavy (non-hydrogen) atoms. The molecule has 210 valence electrons. The summed E-state index contributed by atoms with van der Waals surface area (Å²) in [4.78, 5) is 25.7. The van der Waals surface area contributed by atoms with E-state index in [1.54, 1.807) is 20.6 Å². The van der Waals surface area contributed by atoms with Crippen molar-refractivity contribution in [3.05, 3.63) is 50.7 Å². The van der Waals surface area contributed by atoms with E-state index in [9.17, 15) is 4.79 Å². The second-order valence-electron chi connectivity index (χ2n) is 9.91. The zero-order valence-electron chi connectivity index (χ0n) is 22.7. The fraction of sp³-hybridized carbons (Fsp3) is 0.520. The van der Waals surface area contributed by atoms with Gasteiger partial charge in [0.15, 0.2) is 11.6 Å². The van der Waals surface area contributed by atoms with Gasteiger partial charge in [-0.05, 0) is 45.1 Å². The molecule has 6 rings (SSSR count). The number of thiophene rings is 2. The van der Waals surface area contributed by atoms with Gasteiger partial charge in [0.05, 0.1) is 25.0 Å². The minimum Gasteiger partial charge on any atom is -0.293 e. The van der Waals surface area contributed by atoms with Crippen LogP contribution in [0, 0.1) is 0 Å². The molecular weight excluding hydrogens is 548 g/mol. The molecule has 0 aliphatic carbocycles. The lowest BCUT2D eigenvalue weighted by atomic mass is 10.2. The third kappa shape index (κ3) is 5.46. The van der Waals surface area contributed by atoms with Crippen LogP contribution < -0.4 is 5.56 Å². The van der Waals surface area contributed by atoms with Crippen molar-refractivity contribution in [1.29, 1.82) is 0 Å². The molecule has 0 spiro atoms. The second kappa shape index (κ2) is 12.0. The molecule has 1 aliphatic heterocycles. The number of rotatable bonds is 11. The number of aryl methyl sites for hydroxylation is 2. The average Bonchev–Trinajstić information content (AvgIpc) is 3.77. The highest BCUT2D eigenvalue weighted by molar-refractivity contribution is 7.18. The van der Waals surface area contributed by atoms with Crippen LogP contribution in [0.15, 0.2) is 27.7 Å². The van der Waals surface area contributed by atoms with Gasteiger partial charge in [-0.25, -0.2) is 14.3 Å². The van der Waals surface area contributed by atoms with Crippen LogP contribution in [-0.2, 0) is 32.7 Å². The van der Waals surface area contributed by atoms with Gasteiger partial charge in [0.1, 0.15) is 10.7 Å². The van der Waals surface area contributed by atoms with E-state index in [0.717, 1.165) is 79.0 Å². The average molecular weight is 581 g/mol. The van der Waals surface area contributed by atoms with Gasteiger partial charge in [-0.2, -0.15) is 0 Å². The number of nitrogens with zero attached hydrogens (tertiary/aromatic N) is 12. The third-order valence-electron chi connectivity index (χ3n) is 7.14. The van der Waals surface area contributed by atoms with E-state index < -0.39 is 0 Å². The highest BCUT2D eigenvalue weighted by Gasteiger charge is 2.24. The van der Waals surface area contributed by atoms with Crippen LogP contribution >= 0.6 is 22.7 Å². The Morgan fingerprint density at radius 3 is 2.05 bits per heavy atom. The lowest BCUT2D eigenvalue weighted by molar-refractivity contribution is 0.115. The zero-order chi connectivity index (χ0) is 27.5. The van der Waals surface area contributed by atoms with Gasteiger partial charge in [0.2, 0.25) is 0 Å². The zero-order valence-corrected chi connectivity index (χ0v) is 24.3. The summed E-state index contributed by atoms with van der Waals surface area (Å²) < 4.78 is 5.44. The highest BCUT2D eigenvalue weighted by atomic mass is 32.1. The molecule has 0 amide bonds. The largest absolute Gasteiger partial charge is 0.293 e. The predicted molar refractivity (Wildman–Crippen MR) is 153 cm³/mol. The van der Waals surface area contributed by atoms with Gasteiger partial charge in [-0.1, -0.05) is 19.9 Å². The monoisotopic (exact) mass is 580 g/mol. The Kier molecular flexibility index (Phi) is 8.04. The molecule has 0 atom stereocenters. The molecule has 0 bridgehead atoms. The lowest BCUT2D eigenvalue weighted by Crippen LogP contribution is -2.46. The van der Waals surface area contributed by atoms with Crippen molar-refractivity contribution >= 4 is 32.9 Å². The van der Waals surface area contributed by atoms with E-state index in [1.165, 1.54) is 11.3 Å². The van der Waals surface area contributed by atoms with Gasteiger partial charge in [0, 0.05) is 55.1 Å². The molecule has 1 aliphatic rings. The number of aromatic nitrogens is 10. The number of hydrogen-bond donors (Lipinski definition) is 0. The van der Waals surface area contributed by atoms with Gasteiger partial charge in [0.25, 0.3) is 5.56 Å². The molecule has 1 saturated heterocycles. The molecule has 13 nitrogen and oxygen atoms in total. The quantitative estimate of drug-likeness (QED) is 0.230. The highest BCUT2D eigenvalue weighted by Crippen LogP contribution is 2.34. The summed E-state index contributed by atoms with van der Waals surface area (Å²) in [5.74, 6) is 2.30. The molecule has 6 heterocycles. The molecule has 1 fully saturated rings. The summed E-state index contributed by atoms with van der Waals surface area (Å²) in [7, 11) is 0. The lowest BCUT2D eigenvalue weighted by Gasteiger charge is -2.34. The topological polar surface area (TPSA) is 129 Å². The van der Waals surface area contributed by atoms with Crippen LogP contribution in [0.3, 0.4) is 0 Å². The Hall–Kier alpha value is -3.40. The second-order valence-corrected chi connectivity index (χ2v) is 11.7. The van der Waals surface area contributed by atoms with E-state index >= 15 is 0 Å². The Labute approximate surface area is 239 Å². The normalized spacial score (nSPS) is 14.9. The van der Waals surface area contributed by atoms with Crippen molar-refractivity contribution in [1.82, 2.24) is 59.8 Å². The Bertz CT molecular complexity index is 1610. The van der Waals surface area contributed by atoms with Crippen LogP contribution in [0.4, 0.5) is 0 Å². The first-order chi connectivity index (χ1) is 19.6. The molecule has 0 unspecified atom stereocenters. The maximum atomic E-state index is 14.1. The number of hydrogen-bond acceptors (Lipinski definition) is 12. The van der Waals surface area contributed by atoms with Crippen molar-refractivity contribution in [2.75, 3.05) is 26.2 Å². The van der Waals surface area contributed by atoms with Crippen molar-refractivity contribution in [3.8, 4) is 10.4 Å². The van der Waals surface area contributed by atoms with Crippen molar-refractivity contribution in [2.45, 2.75) is 59.4 Å². The Morgan fingerprint density at radius 2 is 1.45 bits per heavy atom. The number of piperazine rings is 1.